The molecule has 1 aliphatic heterocycles. The highest BCUT2D eigenvalue weighted by Crippen LogP contribution is 2.26. The van der Waals surface area contributed by atoms with E-state index in [9.17, 15) is 22.4 Å². The number of hydrogen-bond acceptors (Lipinski definition) is 4. The lowest BCUT2D eigenvalue weighted by atomic mass is 9.98. The van der Waals surface area contributed by atoms with E-state index < -0.39 is 27.7 Å². The van der Waals surface area contributed by atoms with Crippen LogP contribution in [0.2, 0.25) is 5.02 Å². The van der Waals surface area contributed by atoms with Crippen molar-refractivity contribution < 1.29 is 22.4 Å². The van der Waals surface area contributed by atoms with Gasteiger partial charge in [-0.25, -0.2) is 12.8 Å². The van der Waals surface area contributed by atoms with Crippen LogP contribution in [0.3, 0.4) is 0 Å². The number of benzene rings is 2. The second-order valence-corrected chi connectivity index (χ2v) is 9.00. The number of sulfonamides is 1. The number of nitrogens with one attached hydrogen (secondary N) is 1. The number of carbonyl (C=O) groups excluding carboxylic acids is 2. The zero-order chi connectivity index (χ0) is 21.2. The van der Waals surface area contributed by atoms with Gasteiger partial charge < -0.3 is 11.1 Å². The Kier molecular flexibility index (Phi) is 6.21. The lowest BCUT2D eigenvalue weighted by molar-refractivity contribution is -0.122. The molecule has 10 heteroatoms. The molecule has 3 rings (SSSR count). The Bertz CT molecular complexity index is 1050. The number of nitrogens with zero attached hydrogens (tertiary/aromatic N) is 1. The van der Waals surface area contributed by atoms with E-state index in [1.54, 1.807) is 12.1 Å². The first-order valence-corrected chi connectivity index (χ1v) is 10.7. The van der Waals surface area contributed by atoms with Gasteiger partial charge in [0, 0.05) is 19.0 Å². The number of nitrogens with two attached hydrogens (primary N) is 1. The van der Waals surface area contributed by atoms with Crippen molar-refractivity contribution in [3.8, 4) is 0 Å². The summed E-state index contributed by atoms with van der Waals surface area (Å²) in [6, 6.07) is 9.57. The van der Waals surface area contributed by atoms with Gasteiger partial charge in [0.15, 0.2) is 0 Å². The van der Waals surface area contributed by atoms with Crippen LogP contribution in [0.15, 0.2) is 47.4 Å². The predicted octanol–water partition coefficient (Wildman–Crippen LogP) is 2.62. The van der Waals surface area contributed by atoms with Crippen LogP contribution in [0.5, 0.6) is 0 Å². The smallest absolute Gasteiger partial charge is 0.257 e. The van der Waals surface area contributed by atoms with Gasteiger partial charge in [-0.2, -0.15) is 4.31 Å². The van der Waals surface area contributed by atoms with Crippen molar-refractivity contribution in [2.24, 2.45) is 11.7 Å². The maximum Gasteiger partial charge on any atom is 0.257 e. The normalized spacial score (nSPS) is 15.8. The van der Waals surface area contributed by atoms with Gasteiger partial charge in [-0.1, -0.05) is 23.7 Å². The fraction of sp³-hybridized carbons (Fsp3) is 0.263. The van der Waals surface area contributed by atoms with Gasteiger partial charge in [0.05, 0.1) is 21.2 Å². The van der Waals surface area contributed by atoms with Crippen molar-refractivity contribution in [3.63, 3.8) is 0 Å². The Hall–Kier alpha value is -2.49. The standard InChI is InChI=1S/C19H19ClFN3O4S/c20-15-4-2-1-3-14(15)19(26)23-17-6-5-13(11-16(17)21)29(27,28)24-9-7-12(8-10-24)18(22)25/h1-6,11-12H,7-10H2,(H2,22,25)(H,23,26). The van der Waals surface area contributed by atoms with Crippen LogP contribution >= 0.6 is 11.6 Å². The molecule has 2 aromatic rings. The molecule has 29 heavy (non-hydrogen) atoms. The summed E-state index contributed by atoms with van der Waals surface area (Å²) in [5.41, 5.74) is 5.26. The summed E-state index contributed by atoms with van der Waals surface area (Å²) < 4.78 is 41.2. The lowest BCUT2D eigenvalue weighted by Crippen LogP contribution is -2.41. The number of carbonyl (C=O) groups is 2. The highest BCUT2D eigenvalue weighted by Gasteiger charge is 2.31. The minimum absolute atomic E-state index is 0.128. The van der Waals surface area contributed by atoms with E-state index >= 15 is 0 Å². The summed E-state index contributed by atoms with van der Waals surface area (Å²) in [6.45, 7) is 0.255. The maximum absolute atomic E-state index is 14.5. The number of anilines is 1. The van der Waals surface area contributed by atoms with Crippen molar-refractivity contribution >= 4 is 39.1 Å². The zero-order valence-corrected chi connectivity index (χ0v) is 16.8. The van der Waals surface area contributed by atoms with Crippen LogP contribution < -0.4 is 11.1 Å². The second-order valence-electron chi connectivity index (χ2n) is 6.66. The van der Waals surface area contributed by atoms with E-state index in [4.69, 9.17) is 17.3 Å². The number of rotatable bonds is 5. The SMILES string of the molecule is NC(=O)C1CCN(S(=O)(=O)c2ccc(NC(=O)c3ccccc3Cl)c(F)c2)CC1. The topological polar surface area (TPSA) is 110 Å². The van der Waals surface area contributed by atoms with Crippen LogP contribution in [0.25, 0.3) is 0 Å². The Morgan fingerprint density at radius 2 is 1.79 bits per heavy atom. The monoisotopic (exact) mass is 439 g/mol. The van der Waals surface area contributed by atoms with Gasteiger partial charge in [0.1, 0.15) is 5.82 Å². The molecule has 2 amide bonds. The summed E-state index contributed by atoms with van der Waals surface area (Å²) in [5.74, 6) is -2.32. The molecule has 0 aliphatic carbocycles. The first-order chi connectivity index (χ1) is 13.7. The first-order valence-electron chi connectivity index (χ1n) is 8.85. The van der Waals surface area contributed by atoms with Crippen LogP contribution in [0, 0.1) is 11.7 Å². The second kappa shape index (κ2) is 8.48. The average molecular weight is 440 g/mol. The largest absolute Gasteiger partial charge is 0.369 e. The van der Waals surface area contributed by atoms with E-state index in [0.29, 0.717) is 12.8 Å². The third-order valence-corrected chi connectivity index (χ3v) is 7.03. The zero-order valence-electron chi connectivity index (χ0n) is 15.3. The van der Waals surface area contributed by atoms with Crippen molar-refractivity contribution in [2.75, 3.05) is 18.4 Å². The van der Waals surface area contributed by atoms with Gasteiger partial charge in [-0.3, -0.25) is 9.59 Å². The minimum Gasteiger partial charge on any atom is -0.369 e. The maximum atomic E-state index is 14.5. The van der Waals surface area contributed by atoms with Crippen molar-refractivity contribution in [3.05, 3.63) is 58.9 Å². The predicted molar refractivity (Wildman–Crippen MR) is 106 cm³/mol. The fourth-order valence-corrected chi connectivity index (χ4v) is 4.83. The third-order valence-electron chi connectivity index (χ3n) is 4.80. The number of hydrogen-bond donors (Lipinski definition) is 2. The summed E-state index contributed by atoms with van der Waals surface area (Å²) in [7, 11) is -3.93. The molecule has 154 valence electrons. The van der Waals surface area contributed by atoms with E-state index in [2.05, 4.69) is 5.32 Å². The molecule has 0 saturated carbocycles. The highest BCUT2D eigenvalue weighted by atomic mass is 35.5. The molecule has 7 nitrogen and oxygen atoms in total. The van der Waals surface area contributed by atoms with Crippen molar-refractivity contribution in [2.45, 2.75) is 17.7 Å². The third kappa shape index (κ3) is 4.58. The van der Waals surface area contributed by atoms with Crippen LogP contribution in [0.1, 0.15) is 23.2 Å². The first kappa shape index (κ1) is 21.2. The molecule has 0 spiro atoms. The number of primary amides is 1. The molecule has 0 bridgehead atoms. The molecule has 1 heterocycles. The Labute approximate surface area is 172 Å². The number of amides is 2. The van der Waals surface area contributed by atoms with Crippen LogP contribution in [-0.2, 0) is 14.8 Å². The van der Waals surface area contributed by atoms with E-state index in [1.807, 2.05) is 0 Å². The van der Waals surface area contributed by atoms with Crippen LogP contribution in [0.4, 0.5) is 10.1 Å². The molecule has 0 aromatic heterocycles. The van der Waals surface area contributed by atoms with Gasteiger partial charge in [0.2, 0.25) is 15.9 Å². The van der Waals surface area contributed by atoms with Gasteiger partial charge in [-0.15, -0.1) is 0 Å². The summed E-state index contributed by atoms with van der Waals surface area (Å²) in [6.07, 6.45) is 0.645. The molecular formula is C19H19ClFN3O4S. The fourth-order valence-electron chi connectivity index (χ4n) is 3.12. The number of halogens is 2. The van der Waals surface area contributed by atoms with E-state index in [-0.39, 0.29) is 40.2 Å². The minimum atomic E-state index is -3.93. The van der Waals surface area contributed by atoms with Crippen molar-refractivity contribution in [1.29, 1.82) is 0 Å². The van der Waals surface area contributed by atoms with Gasteiger partial charge in [-0.05, 0) is 43.2 Å². The molecule has 1 saturated heterocycles. The molecule has 3 N–H and O–H groups in total. The van der Waals surface area contributed by atoms with Gasteiger partial charge >= 0.3 is 0 Å². The molecule has 0 radical (unpaired) electrons. The van der Waals surface area contributed by atoms with Crippen molar-refractivity contribution in [1.82, 2.24) is 4.31 Å². The summed E-state index contributed by atoms with van der Waals surface area (Å²) in [5, 5.41) is 2.60. The lowest BCUT2D eigenvalue weighted by Gasteiger charge is -2.29. The molecular weight excluding hydrogens is 421 g/mol. The van der Waals surface area contributed by atoms with Gasteiger partial charge in [0.25, 0.3) is 5.91 Å². The number of piperidine rings is 1. The quantitative estimate of drug-likeness (QED) is 0.746. The Morgan fingerprint density at radius 1 is 1.14 bits per heavy atom. The average Bonchev–Trinajstić information content (AvgIpc) is 2.69. The highest BCUT2D eigenvalue weighted by molar-refractivity contribution is 7.89. The molecule has 0 atom stereocenters. The van der Waals surface area contributed by atoms with Crippen LogP contribution in [-0.4, -0.2) is 37.6 Å². The Morgan fingerprint density at radius 3 is 2.38 bits per heavy atom. The van der Waals surface area contributed by atoms with E-state index in [0.717, 1.165) is 6.07 Å². The van der Waals surface area contributed by atoms with E-state index in [1.165, 1.54) is 28.6 Å². The molecule has 1 aliphatic rings. The summed E-state index contributed by atoms with van der Waals surface area (Å²) in [4.78, 5) is 23.3. The summed E-state index contributed by atoms with van der Waals surface area (Å²) >= 11 is 5.96. The molecule has 2 aromatic carbocycles. The Balaban J connectivity index is 1.76. The molecule has 0 unspecified atom stereocenters. The molecule has 1 fully saturated rings.